The lowest BCUT2D eigenvalue weighted by Gasteiger charge is -2.13. The van der Waals surface area contributed by atoms with Crippen LogP contribution in [0.1, 0.15) is 30.4 Å². The molecule has 110 valence electrons. The maximum atomic E-state index is 12.9. The molecule has 1 aliphatic rings. The fourth-order valence-electron chi connectivity index (χ4n) is 2.18. The van der Waals surface area contributed by atoms with Crippen LogP contribution < -0.4 is 5.32 Å². The molecule has 0 bridgehead atoms. The van der Waals surface area contributed by atoms with Crippen LogP contribution in [0.2, 0.25) is 0 Å². The summed E-state index contributed by atoms with van der Waals surface area (Å²) < 4.78 is 38.8. The first-order valence-corrected chi connectivity index (χ1v) is 7.62. The monoisotopic (exact) mass is 303 g/mol. The van der Waals surface area contributed by atoms with E-state index in [0.29, 0.717) is 6.42 Å². The average molecular weight is 303 g/mol. The Labute approximate surface area is 120 Å². The van der Waals surface area contributed by atoms with Crippen molar-refractivity contribution in [2.75, 3.05) is 6.26 Å². The molecule has 0 heterocycles. The molecule has 1 aromatic rings. The van der Waals surface area contributed by atoms with E-state index >= 15 is 0 Å². The number of benzene rings is 1. The minimum Gasteiger partial charge on any atom is -0.352 e. The number of hydrogen-bond donors (Lipinski definition) is 1. The SMILES string of the molecule is CS[C@H](C)C(=O)N[C@H]1C[C@H]1c1ccccc1C(F)(F)F. The van der Waals surface area contributed by atoms with Gasteiger partial charge >= 0.3 is 6.18 Å². The zero-order valence-corrected chi connectivity index (χ0v) is 12.0. The van der Waals surface area contributed by atoms with Gasteiger partial charge in [0.2, 0.25) is 5.91 Å². The highest BCUT2D eigenvalue weighted by atomic mass is 32.2. The van der Waals surface area contributed by atoms with Crippen molar-refractivity contribution in [2.45, 2.75) is 36.7 Å². The molecule has 3 atom stereocenters. The van der Waals surface area contributed by atoms with Crippen LogP contribution in [-0.2, 0) is 11.0 Å². The topological polar surface area (TPSA) is 29.1 Å². The van der Waals surface area contributed by atoms with Crippen LogP contribution in [0.3, 0.4) is 0 Å². The Balaban J connectivity index is 2.08. The number of rotatable bonds is 4. The number of carbonyl (C=O) groups is 1. The number of nitrogens with one attached hydrogen (secondary N) is 1. The third kappa shape index (κ3) is 3.29. The van der Waals surface area contributed by atoms with Crippen molar-refractivity contribution in [3.8, 4) is 0 Å². The molecule has 1 saturated carbocycles. The second-order valence-electron chi connectivity index (χ2n) is 4.92. The molecular weight excluding hydrogens is 287 g/mol. The first-order valence-electron chi connectivity index (χ1n) is 6.34. The summed E-state index contributed by atoms with van der Waals surface area (Å²) in [5.41, 5.74) is -0.318. The van der Waals surface area contributed by atoms with E-state index in [4.69, 9.17) is 0 Å². The molecule has 6 heteroatoms. The van der Waals surface area contributed by atoms with Crippen molar-refractivity contribution in [3.05, 3.63) is 35.4 Å². The lowest BCUT2D eigenvalue weighted by molar-refractivity contribution is -0.138. The zero-order valence-electron chi connectivity index (χ0n) is 11.2. The Morgan fingerprint density at radius 2 is 2.05 bits per heavy atom. The fourth-order valence-corrected chi connectivity index (χ4v) is 2.47. The number of halogens is 3. The first-order chi connectivity index (χ1) is 9.34. The molecule has 1 N–H and O–H groups in total. The van der Waals surface area contributed by atoms with Gasteiger partial charge in [0.15, 0.2) is 0 Å². The van der Waals surface area contributed by atoms with Gasteiger partial charge in [-0.05, 0) is 31.2 Å². The minimum absolute atomic E-state index is 0.116. The largest absolute Gasteiger partial charge is 0.416 e. The van der Waals surface area contributed by atoms with E-state index in [0.717, 1.165) is 6.07 Å². The molecule has 0 unspecified atom stereocenters. The number of alkyl halides is 3. The number of thioether (sulfide) groups is 1. The predicted octanol–water partition coefficient (Wildman–Crippen LogP) is 3.43. The number of carbonyl (C=O) groups excluding carboxylic acids is 1. The highest BCUT2D eigenvalue weighted by Crippen LogP contribution is 2.46. The van der Waals surface area contributed by atoms with E-state index in [9.17, 15) is 18.0 Å². The summed E-state index contributed by atoms with van der Waals surface area (Å²) in [7, 11) is 0. The standard InChI is InChI=1S/C14H16F3NOS/c1-8(20-2)13(19)18-12-7-10(12)9-5-3-4-6-11(9)14(15,16)17/h3-6,8,10,12H,7H2,1-2H3,(H,18,19)/t8-,10+,12+/m1/s1. The Hall–Kier alpha value is -1.17. The summed E-state index contributed by atoms with van der Waals surface area (Å²) in [6.07, 6.45) is -1.95. The number of amides is 1. The number of hydrogen-bond acceptors (Lipinski definition) is 2. The van der Waals surface area contributed by atoms with Gasteiger partial charge in [-0.3, -0.25) is 4.79 Å². The van der Waals surface area contributed by atoms with E-state index in [2.05, 4.69) is 5.32 Å². The van der Waals surface area contributed by atoms with Gasteiger partial charge in [-0.25, -0.2) is 0 Å². The van der Waals surface area contributed by atoms with Crippen LogP contribution in [0, 0.1) is 0 Å². The highest BCUT2D eigenvalue weighted by Gasteiger charge is 2.45. The van der Waals surface area contributed by atoms with Crippen LogP contribution in [0.25, 0.3) is 0 Å². The first kappa shape index (κ1) is 15.2. The van der Waals surface area contributed by atoms with Crippen molar-refractivity contribution in [3.63, 3.8) is 0 Å². The minimum atomic E-state index is -4.35. The molecule has 1 aliphatic carbocycles. The van der Waals surface area contributed by atoms with E-state index in [1.54, 1.807) is 13.0 Å². The van der Waals surface area contributed by atoms with E-state index in [1.165, 1.54) is 23.9 Å². The third-order valence-corrected chi connectivity index (χ3v) is 4.43. The van der Waals surface area contributed by atoms with E-state index < -0.39 is 11.7 Å². The molecule has 0 saturated heterocycles. The molecule has 1 aromatic carbocycles. The maximum Gasteiger partial charge on any atom is 0.416 e. The molecule has 1 fully saturated rings. The summed E-state index contributed by atoms with van der Waals surface area (Å²) in [5.74, 6) is -0.347. The Morgan fingerprint density at radius 1 is 1.40 bits per heavy atom. The van der Waals surface area contributed by atoms with Gasteiger partial charge in [-0.15, -0.1) is 0 Å². The van der Waals surface area contributed by atoms with Crippen LogP contribution in [0.15, 0.2) is 24.3 Å². The van der Waals surface area contributed by atoms with Crippen molar-refractivity contribution >= 4 is 17.7 Å². The molecule has 0 spiro atoms. The normalized spacial score (nSPS) is 23.2. The van der Waals surface area contributed by atoms with Gasteiger partial charge in [0.25, 0.3) is 0 Å². The van der Waals surface area contributed by atoms with Crippen molar-refractivity contribution in [1.82, 2.24) is 5.32 Å². The highest BCUT2D eigenvalue weighted by molar-refractivity contribution is 7.99. The van der Waals surface area contributed by atoms with Crippen molar-refractivity contribution < 1.29 is 18.0 Å². The maximum absolute atomic E-state index is 12.9. The summed E-state index contributed by atoms with van der Waals surface area (Å²) >= 11 is 1.42. The van der Waals surface area contributed by atoms with Gasteiger partial charge < -0.3 is 5.32 Å². The summed E-state index contributed by atoms with van der Waals surface area (Å²) in [4.78, 5) is 11.7. The van der Waals surface area contributed by atoms with Crippen LogP contribution in [0.5, 0.6) is 0 Å². The van der Waals surface area contributed by atoms with Crippen LogP contribution in [-0.4, -0.2) is 23.5 Å². The Morgan fingerprint density at radius 3 is 2.65 bits per heavy atom. The van der Waals surface area contributed by atoms with Crippen LogP contribution in [0.4, 0.5) is 13.2 Å². The predicted molar refractivity (Wildman–Crippen MR) is 73.7 cm³/mol. The summed E-state index contributed by atoms with van der Waals surface area (Å²) in [5, 5.41) is 2.62. The van der Waals surface area contributed by atoms with Crippen molar-refractivity contribution in [2.24, 2.45) is 0 Å². The average Bonchev–Trinajstić information content (AvgIpc) is 3.15. The molecule has 0 aliphatic heterocycles. The molecule has 0 radical (unpaired) electrons. The molecule has 20 heavy (non-hydrogen) atoms. The third-order valence-electron chi connectivity index (χ3n) is 3.51. The van der Waals surface area contributed by atoms with Crippen molar-refractivity contribution in [1.29, 1.82) is 0 Å². The summed E-state index contributed by atoms with van der Waals surface area (Å²) in [6, 6.07) is 5.40. The smallest absolute Gasteiger partial charge is 0.352 e. The summed E-state index contributed by atoms with van der Waals surface area (Å²) in [6.45, 7) is 1.78. The van der Waals surface area contributed by atoms with E-state index in [-0.39, 0.29) is 28.7 Å². The Kier molecular flexibility index (Phi) is 4.32. The van der Waals surface area contributed by atoms with Gasteiger partial charge in [-0.2, -0.15) is 24.9 Å². The fraction of sp³-hybridized carbons (Fsp3) is 0.500. The van der Waals surface area contributed by atoms with E-state index in [1.807, 2.05) is 6.26 Å². The van der Waals surface area contributed by atoms with Gasteiger partial charge in [0.05, 0.1) is 10.8 Å². The van der Waals surface area contributed by atoms with Gasteiger partial charge in [-0.1, -0.05) is 18.2 Å². The molecule has 2 nitrogen and oxygen atoms in total. The van der Waals surface area contributed by atoms with Crippen LogP contribution >= 0.6 is 11.8 Å². The van der Waals surface area contributed by atoms with Gasteiger partial charge in [0, 0.05) is 12.0 Å². The second-order valence-corrected chi connectivity index (χ2v) is 6.10. The lowest BCUT2D eigenvalue weighted by atomic mass is 10.0. The molecular formula is C14H16F3NOS. The quantitative estimate of drug-likeness (QED) is 0.923. The second kappa shape index (κ2) is 5.68. The molecule has 1 amide bonds. The molecule has 2 rings (SSSR count). The molecule has 0 aromatic heterocycles. The van der Waals surface area contributed by atoms with Gasteiger partial charge in [0.1, 0.15) is 0 Å². The Bertz CT molecular complexity index is 503. The zero-order chi connectivity index (χ0) is 14.9. The lowest BCUT2D eigenvalue weighted by Crippen LogP contribution is -2.33.